The van der Waals surface area contributed by atoms with Crippen LogP contribution in [0, 0.1) is 17.3 Å². The zero-order valence-corrected chi connectivity index (χ0v) is 13.7. The Morgan fingerprint density at radius 1 is 1.35 bits per heavy atom. The van der Waals surface area contributed by atoms with E-state index in [4.69, 9.17) is 16.3 Å². The minimum atomic E-state index is -0.154. The summed E-state index contributed by atoms with van der Waals surface area (Å²) in [4.78, 5) is 12.9. The third-order valence-corrected chi connectivity index (χ3v) is 5.15. The van der Waals surface area contributed by atoms with Gasteiger partial charge in [-0.25, -0.2) is 0 Å². The first-order valence-electron chi connectivity index (χ1n) is 6.51. The molecule has 20 heavy (non-hydrogen) atoms. The molecule has 0 aromatic heterocycles. The summed E-state index contributed by atoms with van der Waals surface area (Å²) in [6.07, 6.45) is 4.03. The standard InChI is InChI=1S/C16H19ClO2S/c1-16(2)12(14(16)15(18)19-3)9-13(17)10-5-7-11(20-4)8-6-10/h5-9,12,14H,1-4H3. The van der Waals surface area contributed by atoms with Gasteiger partial charge in [0.05, 0.1) is 13.0 Å². The van der Waals surface area contributed by atoms with Crippen LogP contribution in [0.4, 0.5) is 0 Å². The first-order chi connectivity index (χ1) is 9.41. The molecule has 1 aliphatic carbocycles. The summed E-state index contributed by atoms with van der Waals surface area (Å²) in [5.41, 5.74) is 0.905. The number of carbonyl (C=O) groups is 1. The summed E-state index contributed by atoms with van der Waals surface area (Å²) >= 11 is 8.08. The van der Waals surface area contributed by atoms with Gasteiger partial charge in [-0.05, 0) is 35.3 Å². The van der Waals surface area contributed by atoms with Crippen LogP contribution >= 0.6 is 23.4 Å². The lowest BCUT2D eigenvalue weighted by Gasteiger charge is -2.02. The highest BCUT2D eigenvalue weighted by molar-refractivity contribution is 7.98. The molecule has 0 saturated heterocycles. The summed E-state index contributed by atoms with van der Waals surface area (Å²) in [6, 6.07) is 8.11. The van der Waals surface area contributed by atoms with Crippen LogP contribution < -0.4 is 0 Å². The van der Waals surface area contributed by atoms with E-state index in [0.29, 0.717) is 5.03 Å². The van der Waals surface area contributed by atoms with Crippen molar-refractivity contribution < 1.29 is 9.53 Å². The molecule has 0 heterocycles. The molecular weight excluding hydrogens is 292 g/mol. The summed E-state index contributed by atoms with van der Waals surface area (Å²) in [5.74, 6) is -0.104. The number of thioether (sulfide) groups is 1. The molecule has 0 aliphatic heterocycles. The Balaban J connectivity index is 2.16. The molecule has 1 aromatic carbocycles. The van der Waals surface area contributed by atoms with E-state index in [9.17, 15) is 4.79 Å². The zero-order chi connectivity index (χ0) is 14.9. The van der Waals surface area contributed by atoms with E-state index in [-0.39, 0.29) is 23.2 Å². The number of esters is 1. The zero-order valence-electron chi connectivity index (χ0n) is 12.1. The molecule has 0 spiro atoms. The normalized spacial score (nSPS) is 24.4. The van der Waals surface area contributed by atoms with E-state index in [1.807, 2.05) is 36.6 Å². The fourth-order valence-electron chi connectivity index (χ4n) is 2.57. The largest absolute Gasteiger partial charge is 0.469 e. The number of methoxy groups -OCH3 is 1. The van der Waals surface area contributed by atoms with Gasteiger partial charge in [-0.2, -0.15) is 0 Å². The lowest BCUT2D eigenvalue weighted by Crippen LogP contribution is -2.07. The van der Waals surface area contributed by atoms with E-state index in [1.54, 1.807) is 11.8 Å². The van der Waals surface area contributed by atoms with Crippen molar-refractivity contribution in [3.63, 3.8) is 0 Å². The van der Waals surface area contributed by atoms with Crippen molar-refractivity contribution in [2.75, 3.05) is 13.4 Å². The summed E-state index contributed by atoms with van der Waals surface area (Å²) in [6.45, 7) is 4.13. The molecule has 108 valence electrons. The Labute approximate surface area is 129 Å². The minimum absolute atomic E-state index is 0.0769. The SMILES string of the molecule is COC(=O)C1C(C=C(Cl)c2ccc(SC)cc2)C1(C)C. The molecule has 1 fully saturated rings. The second-order valence-electron chi connectivity index (χ2n) is 5.59. The van der Waals surface area contributed by atoms with Crippen molar-refractivity contribution in [2.45, 2.75) is 18.7 Å². The van der Waals surface area contributed by atoms with Gasteiger partial charge in [-0.15, -0.1) is 11.8 Å². The smallest absolute Gasteiger partial charge is 0.309 e. The molecule has 2 rings (SSSR count). The molecule has 0 amide bonds. The second-order valence-corrected chi connectivity index (χ2v) is 6.88. The van der Waals surface area contributed by atoms with Gasteiger partial charge in [0.15, 0.2) is 0 Å². The topological polar surface area (TPSA) is 26.3 Å². The quantitative estimate of drug-likeness (QED) is 0.608. The Kier molecular flexibility index (Phi) is 4.50. The third kappa shape index (κ3) is 2.89. The maximum absolute atomic E-state index is 11.7. The Hall–Kier alpha value is -0.930. The molecule has 2 atom stereocenters. The van der Waals surface area contributed by atoms with Crippen LogP contribution in [-0.2, 0) is 9.53 Å². The van der Waals surface area contributed by atoms with Crippen molar-refractivity contribution in [1.82, 2.24) is 0 Å². The summed E-state index contributed by atoms with van der Waals surface area (Å²) < 4.78 is 4.84. The molecule has 0 bridgehead atoms. The van der Waals surface area contributed by atoms with Crippen molar-refractivity contribution in [1.29, 1.82) is 0 Å². The van der Waals surface area contributed by atoms with Gasteiger partial charge in [0.25, 0.3) is 0 Å². The molecule has 2 unspecified atom stereocenters. The van der Waals surface area contributed by atoms with Gasteiger partial charge in [-0.1, -0.05) is 43.7 Å². The highest BCUT2D eigenvalue weighted by Gasteiger charge is 2.61. The third-order valence-electron chi connectivity index (χ3n) is 4.06. The Bertz CT molecular complexity index is 534. The first-order valence-corrected chi connectivity index (χ1v) is 8.11. The molecule has 0 N–H and O–H groups in total. The van der Waals surface area contributed by atoms with Gasteiger partial charge in [0.2, 0.25) is 0 Å². The Morgan fingerprint density at radius 2 is 1.95 bits per heavy atom. The molecule has 1 aromatic rings. The van der Waals surface area contributed by atoms with E-state index >= 15 is 0 Å². The molecule has 1 saturated carbocycles. The van der Waals surface area contributed by atoms with Crippen LogP contribution in [0.1, 0.15) is 19.4 Å². The highest BCUT2D eigenvalue weighted by atomic mass is 35.5. The number of hydrogen-bond donors (Lipinski definition) is 0. The van der Waals surface area contributed by atoms with Gasteiger partial charge in [0.1, 0.15) is 0 Å². The fourth-order valence-corrected chi connectivity index (χ4v) is 3.24. The monoisotopic (exact) mass is 310 g/mol. The Morgan fingerprint density at radius 3 is 2.45 bits per heavy atom. The highest BCUT2D eigenvalue weighted by Crippen LogP contribution is 2.60. The average molecular weight is 311 g/mol. The first kappa shape index (κ1) is 15.5. The maximum atomic E-state index is 11.7. The van der Waals surface area contributed by atoms with E-state index in [1.165, 1.54) is 12.0 Å². The van der Waals surface area contributed by atoms with Crippen LogP contribution in [0.15, 0.2) is 35.2 Å². The summed E-state index contributed by atoms with van der Waals surface area (Å²) in [5, 5.41) is 0.696. The fraction of sp³-hybridized carbons (Fsp3) is 0.438. The number of carbonyl (C=O) groups excluding carboxylic acids is 1. The van der Waals surface area contributed by atoms with E-state index in [0.717, 1.165) is 5.56 Å². The van der Waals surface area contributed by atoms with E-state index < -0.39 is 0 Å². The number of hydrogen-bond acceptors (Lipinski definition) is 3. The number of benzene rings is 1. The molecule has 0 radical (unpaired) electrons. The molecule has 2 nitrogen and oxygen atoms in total. The maximum Gasteiger partial charge on any atom is 0.309 e. The van der Waals surface area contributed by atoms with Gasteiger partial charge in [-0.3, -0.25) is 4.79 Å². The number of rotatable bonds is 4. The summed E-state index contributed by atoms with van der Waals surface area (Å²) in [7, 11) is 1.43. The van der Waals surface area contributed by atoms with E-state index in [2.05, 4.69) is 13.8 Å². The van der Waals surface area contributed by atoms with Crippen molar-refractivity contribution >= 4 is 34.4 Å². The number of ether oxygens (including phenoxy) is 1. The van der Waals surface area contributed by atoms with Gasteiger partial charge < -0.3 is 4.74 Å². The lowest BCUT2D eigenvalue weighted by molar-refractivity contribution is -0.143. The molecule has 4 heteroatoms. The predicted molar refractivity (Wildman–Crippen MR) is 84.8 cm³/mol. The number of allylic oxidation sites excluding steroid dienone is 1. The van der Waals surface area contributed by atoms with Crippen LogP contribution in [0.3, 0.4) is 0 Å². The predicted octanol–water partition coefficient (Wildman–Crippen LogP) is 4.43. The van der Waals surface area contributed by atoms with Crippen LogP contribution in [-0.4, -0.2) is 19.3 Å². The van der Waals surface area contributed by atoms with Crippen LogP contribution in [0.5, 0.6) is 0 Å². The average Bonchev–Trinajstić information content (AvgIpc) is 2.99. The number of halogens is 1. The van der Waals surface area contributed by atoms with Gasteiger partial charge in [0, 0.05) is 9.93 Å². The molecule has 1 aliphatic rings. The molecular formula is C16H19ClO2S. The van der Waals surface area contributed by atoms with Crippen LogP contribution in [0.2, 0.25) is 0 Å². The lowest BCUT2D eigenvalue weighted by atomic mass is 10.1. The second kappa shape index (κ2) is 5.82. The van der Waals surface area contributed by atoms with Crippen LogP contribution in [0.25, 0.3) is 5.03 Å². The minimum Gasteiger partial charge on any atom is -0.469 e. The van der Waals surface area contributed by atoms with Crippen molar-refractivity contribution in [2.24, 2.45) is 17.3 Å². The van der Waals surface area contributed by atoms with Gasteiger partial charge >= 0.3 is 5.97 Å². The van der Waals surface area contributed by atoms with Crippen molar-refractivity contribution in [3.8, 4) is 0 Å². The van der Waals surface area contributed by atoms with Crippen molar-refractivity contribution in [3.05, 3.63) is 35.9 Å².